The highest BCUT2D eigenvalue weighted by Crippen LogP contribution is 2.07. The number of thiol groups is 1. The molecule has 1 saturated heterocycles. The average molecular weight is 273 g/mol. The summed E-state index contributed by atoms with van der Waals surface area (Å²) in [6.07, 6.45) is 0. The van der Waals surface area contributed by atoms with Crippen LogP contribution in [0.3, 0.4) is 0 Å². The fourth-order valence-electron chi connectivity index (χ4n) is 2.11. The molecule has 2 amide bonds. The molecular weight excluding hydrogens is 250 g/mol. The summed E-state index contributed by atoms with van der Waals surface area (Å²) in [4.78, 5) is 27.4. The molecule has 1 N–H and O–H groups in total. The van der Waals surface area contributed by atoms with Crippen molar-refractivity contribution in [2.75, 3.05) is 31.9 Å². The minimum absolute atomic E-state index is 0.0244. The lowest BCUT2D eigenvalue weighted by Crippen LogP contribution is -2.56. The van der Waals surface area contributed by atoms with Gasteiger partial charge < -0.3 is 10.2 Å². The topological polar surface area (TPSA) is 52.7 Å². The summed E-state index contributed by atoms with van der Waals surface area (Å²) < 4.78 is 0. The van der Waals surface area contributed by atoms with E-state index in [0.29, 0.717) is 11.8 Å². The summed E-state index contributed by atoms with van der Waals surface area (Å²) in [6.45, 7) is 8.96. The number of hydrogen-bond acceptors (Lipinski definition) is 4. The second kappa shape index (κ2) is 6.99. The minimum Gasteiger partial charge on any atom is -0.344 e. The lowest BCUT2D eigenvalue weighted by molar-refractivity contribution is -0.137. The number of rotatable bonds is 4. The highest BCUT2D eigenvalue weighted by Gasteiger charge is 2.27. The molecule has 1 aliphatic heterocycles. The van der Waals surface area contributed by atoms with Crippen LogP contribution in [0.5, 0.6) is 0 Å². The van der Waals surface area contributed by atoms with Crippen molar-refractivity contribution in [3.63, 3.8) is 0 Å². The summed E-state index contributed by atoms with van der Waals surface area (Å²) in [6, 6.07) is 0.00899. The normalized spacial score (nSPS) is 18.8. The molecule has 0 saturated carbocycles. The van der Waals surface area contributed by atoms with Crippen LogP contribution in [0.1, 0.15) is 20.8 Å². The van der Waals surface area contributed by atoms with Gasteiger partial charge in [0.15, 0.2) is 0 Å². The zero-order chi connectivity index (χ0) is 13.7. The lowest BCUT2D eigenvalue weighted by atomic mass is 10.2. The summed E-state index contributed by atoms with van der Waals surface area (Å²) >= 11 is 4.13. The maximum absolute atomic E-state index is 12.2. The maximum Gasteiger partial charge on any atom is 0.246 e. The van der Waals surface area contributed by atoms with Gasteiger partial charge in [0.2, 0.25) is 11.8 Å². The summed E-state index contributed by atoms with van der Waals surface area (Å²) in [5.41, 5.74) is 0. The third-order valence-corrected chi connectivity index (χ3v) is 3.58. The Labute approximate surface area is 114 Å². The van der Waals surface area contributed by atoms with Crippen LogP contribution in [0.15, 0.2) is 0 Å². The average Bonchev–Trinajstić information content (AvgIpc) is 2.35. The Morgan fingerprint density at radius 2 is 1.78 bits per heavy atom. The highest BCUT2D eigenvalue weighted by atomic mass is 32.1. The van der Waals surface area contributed by atoms with E-state index in [1.807, 2.05) is 4.90 Å². The van der Waals surface area contributed by atoms with Crippen LogP contribution in [-0.2, 0) is 9.59 Å². The second-order valence-electron chi connectivity index (χ2n) is 4.89. The molecular formula is C12H23N3O2S. The number of nitrogens with one attached hydrogen (secondary N) is 1. The SMILES string of the molecule is CC(=O)NC(CS)C(=O)N1CCN(C(C)C)CC1. The Morgan fingerprint density at radius 3 is 2.17 bits per heavy atom. The number of hydrogen-bond donors (Lipinski definition) is 2. The van der Waals surface area contributed by atoms with E-state index < -0.39 is 6.04 Å². The van der Waals surface area contributed by atoms with E-state index in [0.717, 1.165) is 26.2 Å². The van der Waals surface area contributed by atoms with E-state index in [1.165, 1.54) is 6.92 Å². The molecule has 1 unspecified atom stereocenters. The van der Waals surface area contributed by atoms with Gasteiger partial charge in [0.05, 0.1) is 0 Å². The number of amides is 2. The molecule has 0 spiro atoms. The van der Waals surface area contributed by atoms with Crippen molar-refractivity contribution in [2.45, 2.75) is 32.9 Å². The summed E-state index contributed by atoms with van der Waals surface area (Å²) in [5.74, 6) is 0.120. The fourth-order valence-corrected chi connectivity index (χ4v) is 2.36. The Hall–Kier alpha value is -0.750. The molecule has 5 nitrogen and oxygen atoms in total. The van der Waals surface area contributed by atoms with E-state index in [9.17, 15) is 9.59 Å². The zero-order valence-corrected chi connectivity index (χ0v) is 12.2. The van der Waals surface area contributed by atoms with Crippen LogP contribution in [0.25, 0.3) is 0 Å². The standard InChI is InChI=1S/C12H23N3O2S/c1-9(2)14-4-6-15(7-5-14)12(17)11(8-18)13-10(3)16/h9,11,18H,4-8H2,1-3H3,(H,13,16). The first kappa shape index (κ1) is 15.3. The molecule has 0 radical (unpaired) electrons. The van der Waals surface area contributed by atoms with Gasteiger partial charge in [-0.2, -0.15) is 12.6 Å². The van der Waals surface area contributed by atoms with Gasteiger partial charge in [-0.25, -0.2) is 0 Å². The van der Waals surface area contributed by atoms with Gasteiger partial charge in [-0.3, -0.25) is 14.5 Å². The number of carbonyl (C=O) groups excluding carboxylic acids is 2. The van der Waals surface area contributed by atoms with Crippen LogP contribution in [0.2, 0.25) is 0 Å². The predicted molar refractivity (Wildman–Crippen MR) is 74.7 cm³/mol. The van der Waals surface area contributed by atoms with Gasteiger partial charge in [-0.15, -0.1) is 0 Å². The lowest BCUT2D eigenvalue weighted by Gasteiger charge is -2.38. The molecule has 1 rings (SSSR count). The fraction of sp³-hybridized carbons (Fsp3) is 0.833. The number of piperazine rings is 1. The van der Waals surface area contributed by atoms with Gasteiger partial charge in [-0.05, 0) is 13.8 Å². The van der Waals surface area contributed by atoms with Crippen LogP contribution in [-0.4, -0.2) is 65.6 Å². The van der Waals surface area contributed by atoms with E-state index in [4.69, 9.17) is 0 Å². The molecule has 1 aliphatic rings. The first-order chi connectivity index (χ1) is 8.45. The highest BCUT2D eigenvalue weighted by molar-refractivity contribution is 7.80. The van der Waals surface area contributed by atoms with Crippen LogP contribution in [0, 0.1) is 0 Å². The van der Waals surface area contributed by atoms with Crippen LogP contribution < -0.4 is 5.32 Å². The largest absolute Gasteiger partial charge is 0.344 e. The molecule has 1 fully saturated rings. The number of carbonyl (C=O) groups is 2. The molecule has 18 heavy (non-hydrogen) atoms. The van der Waals surface area contributed by atoms with Crippen molar-refractivity contribution >= 4 is 24.4 Å². The van der Waals surface area contributed by atoms with Crippen LogP contribution in [0.4, 0.5) is 0 Å². The summed E-state index contributed by atoms with van der Waals surface area (Å²) in [5, 5.41) is 2.64. The molecule has 1 atom stereocenters. The minimum atomic E-state index is -0.503. The van der Waals surface area contributed by atoms with Crippen molar-refractivity contribution in [3.05, 3.63) is 0 Å². The third-order valence-electron chi connectivity index (χ3n) is 3.21. The third kappa shape index (κ3) is 4.17. The van der Waals surface area contributed by atoms with Gasteiger partial charge in [0, 0.05) is 44.9 Å². The van der Waals surface area contributed by atoms with E-state index in [2.05, 4.69) is 36.7 Å². The molecule has 104 valence electrons. The van der Waals surface area contributed by atoms with Crippen molar-refractivity contribution < 1.29 is 9.59 Å². The van der Waals surface area contributed by atoms with Gasteiger partial charge in [0.1, 0.15) is 6.04 Å². The van der Waals surface area contributed by atoms with Gasteiger partial charge >= 0.3 is 0 Å². The van der Waals surface area contributed by atoms with E-state index in [1.54, 1.807) is 0 Å². The van der Waals surface area contributed by atoms with E-state index >= 15 is 0 Å². The molecule has 0 aromatic carbocycles. The molecule has 6 heteroatoms. The van der Waals surface area contributed by atoms with Gasteiger partial charge in [0.25, 0.3) is 0 Å². The predicted octanol–water partition coefficient (Wildman–Crippen LogP) is -0.0265. The smallest absolute Gasteiger partial charge is 0.246 e. The first-order valence-electron chi connectivity index (χ1n) is 6.36. The second-order valence-corrected chi connectivity index (χ2v) is 5.26. The van der Waals surface area contributed by atoms with Crippen LogP contribution >= 0.6 is 12.6 Å². The maximum atomic E-state index is 12.2. The first-order valence-corrected chi connectivity index (χ1v) is 6.99. The zero-order valence-electron chi connectivity index (χ0n) is 11.3. The number of nitrogens with zero attached hydrogens (tertiary/aromatic N) is 2. The molecule has 0 aromatic rings. The monoisotopic (exact) mass is 273 g/mol. The molecule has 0 aliphatic carbocycles. The van der Waals surface area contributed by atoms with Crippen molar-refractivity contribution in [1.29, 1.82) is 0 Å². The molecule has 0 bridgehead atoms. The van der Waals surface area contributed by atoms with Crippen molar-refractivity contribution in [2.24, 2.45) is 0 Å². The van der Waals surface area contributed by atoms with Gasteiger partial charge in [-0.1, -0.05) is 0 Å². The Balaban J connectivity index is 2.50. The summed E-state index contributed by atoms with van der Waals surface area (Å²) in [7, 11) is 0. The quantitative estimate of drug-likeness (QED) is 0.708. The molecule has 1 heterocycles. The van der Waals surface area contributed by atoms with Crippen molar-refractivity contribution in [1.82, 2.24) is 15.1 Å². The van der Waals surface area contributed by atoms with Crippen molar-refractivity contribution in [3.8, 4) is 0 Å². The Morgan fingerprint density at radius 1 is 1.22 bits per heavy atom. The van der Waals surface area contributed by atoms with E-state index in [-0.39, 0.29) is 11.8 Å². The Kier molecular flexibility index (Phi) is 5.95. The molecule has 0 aromatic heterocycles. The Bertz CT molecular complexity index is 302.